The maximum Gasteiger partial charge on any atom is 0.319 e. The van der Waals surface area contributed by atoms with E-state index in [1.165, 1.54) is 7.11 Å². The predicted molar refractivity (Wildman–Crippen MR) is 57.4 cm³/mol. The summed E-state index contributed by atoms with van der Waals surface area (Å²) in [5.41, 5.74) is 0. The van der Waals surface area contributed by atoms with E-state index in [-0.39, 0.29) is 30.5 Å². The molecule has 0 radical (unpaired) electrons. The normalized spacial score (nSPS) is 12.7. The Balaban J connectivity index is 4.13. The van der Waals surface area contributed by atoms with E-state index in [0.717, 1.165) is 0 Å². The number of methoxy groups -OCH3 is 1. The molecule has 0 aromatic heterocycles. The fourth-order valence-electron chi connectivity index (χ4n) is 1.01. The second kappa shape index (κ2) is 6.40. The number of likely N-dealkylation sites (N-methyl/N-ethyl adjacent to an activating group) is 1. The molecule has 0 heterocycles. The summed E-state index contributed by atoms with van der Waals surface area (Å²) in [5.74, 6) is -0.432. The van der Waals surface area contributed by atoms with Crippen molar-refractivity contribution in [1.29, 1.82) is 0 Å². The minimum Gasteiger partial charge on any atom is -0.468 e. The van der Waals surface area contributed by atoms with Crippen molar-refractivity contribution in [1.82, 2.24) is 10.2 Å². The van der Waals surface area contributed by atoms with Crippen LogP contribution in [0.5, 0.6) is 0 Å². The molecule has 0 bridgehead atoms. The van der Waals surface area contributed by atoms with Gasteiger partial charge in [-0.15, -0.1) is 0 Å². The number of esters is 1. The molecule has 0 aliphatic carbocycles. The van der Waals surface area contributed by atoms with Crippen LogP contribution in [0.3, 0.4) is 0 Å². The molecule has 1 N–H and O–H groups in total. The Morgan fingerprint density at radius 3 is 2.27 bits per heavy atom. The summed E-state index contributed by atoms with van der Waals surface area (Å²) >= 11 is 0. The third kappa shape index (κ3) is 5.37. The van der Waals surface area contributed by atoms with Crippen molar-refractivity contribution in [2.45, 2.75) is 32.9 Å². The summed E-state index contributed by atoms with van der Waals surface area (Å²) in [5, 5.41) is 2.78. The van der Waals surface area contributed by atoms with Crippen LogP contribution >= 0.6 is 0 Å². The summed E-state index contributed by atoms with van der Waals surface area (Å²) < 4.78 is 4.52. The highest BCUT2D eigenvalue weighted by Gasteiger charge is 2.20. The zero-order valence-corrected chi connectivity index (χ0v) is 10.0. The number of hydrogen-bond acceptors (Lipinski definition) is 4. The van der Waals surface area contributed by atoms with Crippen LogP contribution in [-0.2, 0) is 14.3 Å². The molecule has 5 nitrogen and oxygen atoms in total. The molecule has 15 heavy (non-hydrogen) atoms. The van der Waals surface area contributed by atoms with Crippen LogP contribution in [0.1, 0.15) is 20.8 Å². The SMILES string of the molecule is COC(=O)CN(C)C(C)C(=O)NC(C)C. The fraction of sp³-hybridized carbons (Fsp3) is 0.800. The maximum atomic E-state index is 11.6. The summed E-state index contributed by atoms with van der Waals surface area (Å²) in [6.45, 7) is 5.65. The van der Waals surface area contributed by atoms with E-state index in [4.69, 9.17) is 0 Å². The zero-order valence-electron chi connectivity index (χ0n) is 10.0. The van der Waals surface area contributed by atoms with E-state index in [1.54, 1.807) is 18.9 Å². The van der Waals surface area contributed by atoms with Gasteiger partial charge in [-0.2, -0.15) is 0 Å². The Bertz CT molecular complexity index is 229. The van der Waals surface area contributed by atoms with Gasteiger partial charge in [0.05, 0.1) is 19.7 Å². The van der Waals surface area contributed by atoms with Crippen LogP contribution < -0.4 is 5.32 Å². The summed E-state index contributed by atoms with van der Waals surface area (Å²) in [6, 6.07) is -0.238. The van der Waals surface area contributed by atoms with E-state index in [9.17, 15) is 9.59 Å². The molecule has 0 saturated carbocycles. The van der Waals surface area contributed by atoms with Gasteiger partial charge in [0.15, 0.2) is 0 Å². The molecule has 1 amide bonds. The smallest absolute Gasteiger partial charge is 0.319 e. The quantitative estimate of drug-likeness (QED) is 0.657. The molecule has 0 spiro atoms. The first-order valence-electron chi connectivity index (χ1n) is 4.96. The van der Waals surface area contributed by atoms with Gasteiger partial charge in [0, 0.05) is 6.04 Å². The van der Waals surface area contributed by atoms with Crippen LogP contribution in [0.15, 0.2) is 0 Å². The van der Waals surface area contributed by atoms with Gasteiger partial charge >= 0.3 is 5.97 Å². The molecule has 1 atom stereocenters. The van der Waals surface area contributed by atoms with Crippen molar-refractivity contribution in [2.75, 3.05) is 20.7 Å². The van der Waals surface area contributed by atoms with Crippen molar-refractivity contribution in [3.05, 3.63) is 0 Å². The van der Waals surface area contributed by atoms with Gasteiger partial charge in [-0.1, -0.05) is 0 Å². The minimum absolute atomic E-state index is 0.0867. The first-order valence-corrected chi connectivity index (χ1v) is 4.96. The Hall–Kier alpha value is -1.10. The Labute approximate surface area is 90.8 Å². The standard InChI is InChI=1S/C10H20N2O3/c1-7(2)11-10(14)8(3)12(4)6-9(13)15-5/h7-8H,6H2,1-5H3,(H,11,14). The van der Waals surface area contributed by atoms with Gasteiger partial charge in [0.1, 0.15) is 0 Å². The molecule has 0 fully saturated rings. The lowest BCUT2D eigenvalue weighted by molar-refractivity contribution is -0.142. The lowest BCUT2D eigenvalue weighted by Gasteiger charge is -2.23. The van der Waals surface area contributed by atoms with Gasteiger partial charge in [-0.25, -0.2) is 0 Å². The van der Waals surface area contributed by atoms with Gasteiger partial charge in [-0.05, 0) is 27.8 Å². The number of nitrogens with one attached hydrogen (secondary N) is 1. The average Bonchev–Trinajstić information content (AvgIpc) is 2.15. The lowest BCUT2D eigenvalue weighted by atomic mass is 10.2. The van der Waals surface area contributed by atoms with E-state index < -0.39 is 0 Å². The first kappa shape index (κ1) is 13.9. The predicted octanol–water partition coefficient (Wildman–Crippen LogP) is 0.00430. The Morgan fingerprint density at radius 1 is 1.33 bits per heavy atom. The summed E-state index contributed by atoms with van der Waals surface area (Å²) in [4.78, 5) is 24.2. The molecule has 1 unspecified atom stereocenters. The zero-order chi connectivity index (χ0) is 12.0. The second-order valence-corrected chi connectivity index (χ2v) is 3.83. The maximum absolute atomic E-state index is 11.6. The molecule has 0 aliphatic heterocycles. The van der Waals surface area contributed by atoms with Crippen LogP contribution in [0.4, 0.5) is 0 Å². The fourth-order valence-corrected chi connectivity index (χ4v) is 1.01. The van der Waals surface area contributed by atoms with Crippen LogP contribution in [0, 0.1) is 0 Å². The number of rotatable bonds is 5. The van der Waals surface area contributed by atoms with Gasteiger partial charge in [0.25, 0.3) is 0 Å². The largest absolute Gasteiger partial charge is 0.468 e. The molecule has 0 aliphatic rings. The highest BCUT2D eigenvalue weighted by Crippen LogP contribution is 1.96. The van der Waals surface area contributed by atoms with E-state index in [1.807, 2.05) is 13.8 Å². The van der Waals surface area contributed by atoms with Crippen molar-refractivity contribution in [3.8, 4) is 0 Å². The van der Waals surface area contributed by atoms with Crippen LogP contribution in [0.2, 0.25) is 0 Å². The molecule has 0 aromatic rings. The third-order valence-corrected chi connectivity index (χ3v) is 2.08. The minimum atomic E-state index is -0.346. The average molecular weight is 216 g/mol. The number of carbonyl (C=O) groups is 2. The number of hydrogen-bond donors (Lipinski definition) is 1. The number of amides is 1. The monoisotopic (exact) mass is 216 g/mol. The summed E-state index contributed by atoms with van der Waals surface area (Å²) in [6.07, 6.45) is 0. The van der Waals surface area contributed by atoms with Crippen LogP contribution in [-0.4, -0.2) is 49.6 Å². The molecule has 0 aromatic carbocycles. The van der Waals surface area contributed by atoms with Gasteiger partial charge in [0.2, 0.25) is 5.91 Å². The molecule has 0 saturated heterocycles. The number of ether oxygens (including phenoxy) is 1. The van der Waals surface area contributed by atoms with Crippen molar-refractivity contribution in [2.24, 2.45) is 0 Å². The molecular formula is C10H20N2O3. The highest BCUT2D eigenvalue weighted by atomic mass is 16.5. The van der Waals surface area contributed by atoms with E-state index in [2.05, 4.69) is 10.1 Å². The third-order valence-electron chi connectivity index (χ3n) is 2.08. The number of nitrogens with zero attached hydrogens (tertiary/aromatic N) is 1. The van der Waals surface area contributed by atoms with Crippen molar-refractivity contribution in [3.63, 3.8) is 0 Å². The molecule has 88 valence electrons. The topological polar surface area (TPSA) is 58.6 Å². The van der Waals surface area contributed by atoms with Gasteiger partial charge < -0.3 is 10.1 Å². The summed E-state index contributed by atoms with van der Waals surface area (Å²) in [7, 11) is 3.04. The van der Waals surface area contributed by atoms with Crippen molar-refractivity contribution < 1.29 is 14.3 Å². The molecule has 5 heteroatoms. The van der Waals surface area contributed by atoms with E-state index in [0.29, 0.717) is 0 Å². The highest BCUT2D eigenvalue weighted by molar-refractivity contribution is 5.82. The number of carbonyl (C=O) groups excluding carboxylic acids is 2. The van der Waals surface area contributed by atoms with Crippen molar-refractivity contribution >= 4 is 11.9 Å². The molecular weight excluding hydrogens is 196 g/mol. The first-order chi connectivity index (χ1) is 6.88. The Kier molecular flexibility index (Phi) is 5.93. The van der Waals surface area contributed by atoms with Crippen LogP contribution in [0.25, 0.3) is 0 Å². The van der Waals surface area contributed by atoms with E-state index >= 15 is 0 Å². The lowest BCUT2D eigenvalue weighted by Crippen LogP contribution is -2.47. The molecule has 0 rings (SSSR count). The van der Waals surface area contributed by atoms with Gasteiger partial charge in [-0.3, -0.25) is 14.5 Å². The second-order valence-electron chi connectivity index (χ2n) is 3.83. The Morgan fingerprint density at radius 2 is 1.87 bits per heavy atom.